The number of nitrogens with zero attached hydrogens (tertiary/aromatic N) is 4. The van der Waals surface area contributed by atoms with Gasteiger partial charge in [0, 0.05) is 19.8 Å². The Kier molecular flexibility index (Phi) is 3.04. The lowest BCUT2D eigenvalue weighted by Gasteiger charge is -2.38. The topological polar surface area (TPSA) is 67.2 Å². The van der Waals surface area contributed by atoms with Gasteiger partial charge in [-0.05, 0) is 25.0 Å². The number of hydrogen-bond donors (Lipinski definition) is 0. The zero-order chi connectivity index (χ0) is 16.0. The molecule has 0 N–H and O–H groups in total. The lowest BCUT2D eigenvalue weighted by molar-refractivity contribution is -0.00514. The molecule has 120 valence electrons. The standard InChI is InChI=1S/C16H18N4O3/c1-18-10-16(23-15(18)22)6-4-7-19(11-16)14(21)12-9-17-20-8-3-2-5-13(12)20/h2-3,5,8-9H,4,6-7,10-11H2,1H3/t16-/m0/s1. The van der Waals surface area contributed by atoms with Crippen LogP contribution in [0.3, 0.4) is 0 Å². The van der Waals surface area contributed by atoms with Crippen LogP contribution in [0.1, 0.15) is 23.2 Å². The van der Waals surface area contributed by atoms with Crippen molar-refractivity contribution >= 4 is 17.5 Å². The molecule has 0 saturated carbocycles. The molecule has 7 heteroatoms. The first kappa shape index (κ1) is 14.0. The summed E-state index contributed by atoms with van der Waals surface area (Å²) >= 11 is 0. The van der Waals surface area contributed by atoms with Crippen molar-refractivity contribution in [3.63, 3.8) is 0 Å². The molecule has 2 fully saturated rings. The van der Waals surface area contributed by atoms with Crippen LogP contribution in [0.2, 0.25) is 0 Å². The van der Waals surface area contributed by atoms with Gasteiger partial charge in [-0.1, -0.05) is 6.07 Å². The van der Waals surface area contributed by atoms with Crippen LogP contribution >= 0.6 is 0 Å². The molecule has 4 heterocycles. The van der Waals surface area contributed by atoms with E-state index in [0.717, 1.165) is 18.4 Å². The molecule has 1 atom stereocenters. The van der Waals surface area contributed by atoms with E-state index in [0.29, 0.717) is 25.2 Å². The molecule has 4 rings (SSSR count). The zero-order valence-corrected chi connectivity index (χ0v) is 12.9. The Labute approximate surface area is 133 Å². The number of fused-ring (bicyclic) bond motifs is 1. The summed E-state index contributed by atoms with van der Waals surface area (Å²) in [6.45, 7) is 1.64. The summed E-state index contributed by atoms with van der Waals surface area (Å²) in [4.78, 5) is 28.0. The minimum atomic E-state index is -0.567. The van der Waals surface area contributed by atoms with E-state index in [9.17, 15) is 9.59 Å². The Bertz CT molecular complexity index is 786. The first-order valence-electron chi connectivity index (χ1n) is 7.74. The van der Waals surface area contributed by atoms with Gasteiger partial charge in [-0.3, -0.25) is 4.79 Å². The summed E-state index contributed by atoms with van der Waals surface area (Å²) in [5.41, 5.74) is 0.806. The number of carbonyl (C=O) groups is 2. The molecule has 2 aliphatic rings. The van der Waals surface area contributed by atoms with E-state index in [1.165, 1.54) is 0 Å². The number of pyridine rings is 1. The second kappa shape index (κ2) is 4.97. The fourth-order valence-corrected chi connectivity index (χ4v) is 3.55. The predicted octanol–water partition coefficient (Wildman–Crippen LogP) is 1.39. The average molecular weight is 314 g/mol. The molecule has 2 amide bonds. The third-order valence-electron chi connectivity index (χ3n) is 4.62. The van der Waals surface area contributed by atoms with Crippen LogP contribution in [-0.4, -0.2) is 63.7 Å². The first-order valence-corrected chi connectivity index (χ1v) is 7.74. The number of likely N-dealkylation sites (tertiary alicyclic amines) is 1. The van der Waals surface area contributed by atoms with Crippen LogP contribution in [0, 0.1) is 0 Å². The van der Waals surface area contributed by atoms with Crippen LogP contribution in [-0.2, 0) is 4.74 Å². The maximum Gasteiger partial charge on any atom is 0.410 e. The number of likely N-dealkylation sites (N-methyl/N-ethyl adjacent to an activating group) is 1. The van der Waals surface area contributed by atoms with E-state index < -0.39 is 5.60 Å². The number of aromatic nitrogens is 2. The lowest BCUT2D eigenvalue weighted by atomic mass is 9.92. The smallest absolute Gasteiger partial charge is 0.410 e. The number of amides is 2. The molecule has 2 aliphatic heterocycles. The van der Waals surface area contributed by atoms with Crippen molar-refractivity contribution in [2.24, 2.45) is 0 Å². The van der Waals surface area contributed by atoms with E-state index in [1.54, 1.807) is 27.6 Å². The molecule has 0 aromatic carbocycles. The molecule has 23 heavy (non-hydrogen) atoms. The van der Waals surface area contributed by atoms with Crippen LogP contribution in [0.25, 0.3) is 5.52 Å². The molecule has 0 radical (unpaired) electrons. The second-order valence-electron chi connectivity index (χ2n) is 6.33. The van der Waals surface area contributed by atoms with Crippen molar-refractivity contribution in [2.45, 2.75) is 18.4 Å². The molecule has 7 nitrogen and oxygen atoms in total. The summed E-state index contributed by atoms with van der Waals surface area (Å²) in [6, 6.07) is 5.64. The summed E-state index contributed by atoms with van der Waals surface area (Å²) in [5.74, 6) is -0.0594. The van der Waals surface area contributed by atoms with Crippen molar-refractivity contribution in [3.05, 3.63) is 36.2 Å². The summed E-state index contributed by atoms with van der Waals surface area (Å²) in [5, 5.41) is 4.22. The van der Waals surface area contributed by atoms with Crippen molar-refractivity contribution in [3.8, 4) is 0 Å². The summed E-state index contributed by atoms with van der Waals surface area (Å²) in [7, 11) is 1.73. The number of ether oxygens (including phenoxy) is 1. The third kappa shape index (κ3) is 2.23. The van der Waals surface area contributed by atoms with Gasteiger partial charge in [0.05, 0.1) is 30.4 Å². The molecule has 2 saturated heterocycles. The third-order valence-corrected chi connectivity index (χ3v) is 4.62. The van der Waals surface area contributed by atoms with Gasteiger partial charge in [0.25, 0.3) is 5.91 Å². The van der Waals surface area contributed by atoms with Crippen molar-refractivity contribution in [1.82, 2.24) is 19.4 Å². The Balaban J connectivity index is 1.60. The van der Waals surface area contributed by atoms with E-state index in [2.05, 4.69) is 5.10 Å². The Morgan fingerprint density at radius 3 is 3.00 bits per heavy atom. The van der Waals surface area contributed by atoms with E-state index in [4.69, 9.17) is 4.74 Å². The van der Waals surface area contributed by atoms with Crippen LogP contribution in [0.15, 0.2) is 30.6 Å². The maximum absolute atomic E-state index is 12.9. The van der Waals surface area contributed by atoms with Crippen molar-refractivity contribution in [1.29, 1.82) is 0 Å². The van der Waals surface area contributed by atoms with Gasteiger partial charge >= 0.3 is 6.09 Å². The van der Waals surface area contributed by atoms with E-state index >= 15 is 0 Å². The number of hydrogen-bond acceptors (Lipinski definition) is 4. The monoisotopic (exact) mass is 314 g/mol. The van der Waals surface area contributed by atoms with Gasteiger partial charge in [0.15, 0.2) is 0 Å². The van der Waals surface area contributed by atoms with Crippen LogP contribution in [0.5, 0.6) is 0 Å². The largest absolute Gasteiger partial charge is 0.439 e. The SMILES string of the molecule is CN1C[C@]2(CCCN(C(=O)c3cnn4ccccc34)C2)OC1=O. The lowest BCUT2D eigenvalue weighted by Crippen LogP contribution is -2.52. The highest BCUT2D eigenvalue weighted by molar-refractivity contribution is 6.00. The average Bonchev–Trinajstić information content (AvgIpc) is 3.08. The summed E-state index contributed by atoms with van der Waals surface area (Å²) in [6.07, 6.45) is 4.73. The van der Waals surface area contributed by atoms with Crippen LogP contribution in [0.4, 0.5) is 4.79 Å². The van der Waals surface area contributed by atoms with Gasteiger partial charge in [0.1, 0.15) is 5.60 Å². The Morgan fingerprint density at radius 2 is 2.22 bits per heavy atom. The molecule has 0 aliphatic carbocycles. The normalized spacial score (nSPS) is 24.5. The van der Waals surface area contributed by atoms with Gasteiger partial charge in [-0.25, -0.2) is 9.31 Å². The molecule has 0 bridgehead atoms. The number of piperidine rings is 1. The van der Waals surface area contributed by atoms with Crippen LogP contribution < -0.4 is 0 Å². The molecule has 1 spiro atoms. The van der Waals surface area contributed by atoms with Gasteiger partial charge in [-0.2, -0.15) is 5.10 Å². The van der Waals surface area contributed by atoms with Gasteiger partial charge in [-0.15, -0.1) is 0 Å². The summed E-state index contributed by atoms with van der Waals surface area (Å²) < 4.78 is 7.25. The fraction of sp³-hybridized carbons (Fsp3) is 0.438. The highest BCUT2D eigenvalue weighted by Crippen LogP contribution is 2.32. The van der Waals surface area contributed by atoms with Crippen molar-refractivity contribution < 1.29 is 14.3 Å². The minimum Gasteiger partial charge on any atom is -0.439 e. The van der Waals surface area contributed by atoms with E-state index in [-0.39, 0.29) is 12.0 Å². The minimum absolute atomic E-state index is 0.0594. The highest BCUT2D eigenvalue weighted by Gasteiger charge is 2.47. The molecule has 2 aromatic heterocycles. The Hall–Kier alpha value is -2.57. The zero-order valence-electron chi connectivity index (χ0n) is 12.9. The molecular formula is C16H18N4O3. The molecular weight excluding hydrogens is 296 g/mol. The maximum atomic E-state index is 12.9. The first-order chi connectivity index (χ1) is 11.1. The fourth-order valence-electron chi connectivity index (χ4n) is 3.55. The van der Waals surface area contributed by atoms with Gasteiger partial charge < -0.3 is 14.5 Å². The molecule has 0 unspecified atom stereocenters. The quantitative estimate of drug-likeness (QED) is 0.798. The van der Waals surface area contributed by atoms with Gasteiger partial charge in [0.2, 0.25) is 0 Å². The van der Waals surface area contributed by atoms with Crippen molar-refractivity contribution in [2.75, 3.05) is 26.7 Å². The molecule has 2 aromatic rings. The Morgan fingerprint density at radius 1 is 1.35 bits per heavy atom. The highest BCUT2D eigenvalue weighted by atomic mass is 16.6. The van der Waals surface area contributed by atoms with E-state index in [1.807, 2.05) is 24.4 Å². The number of carbonyl (C=O) groups excluding carboxylic acids is 2. The predicted molar refractivity (Wildman–Crippen MR) is 82.2 cm³/mol. The number of rotatable bonds is 1. The second-order valence-corrected chi connectivity index (χ2v) is 6.33.